The van der Waals surface area contributed by atoms with E-state index in [9.17, 15) is 14.0 Å². The number of ketones is 1. The molecule has 35 heavy (non-hydrogen) atoms. The van der Waals surface area contributed by atoms with E-state index in [-0.39, 0.29) is 30.0 Å². The normalized spacial score (nSPS) is 19.9. The fourth-order valence-electron chi connectivity index (χ4n) is 4.92. The van der Waals surface area contributed by atoms with Gasteiger partial charge in [0.05, 0.1) is 25.9 Å². The fraction of sp³-hybridized carbons (Fsp3) is 0.357. The van der Waals surface area contributed by atoms with Crippen LogP contribution in [0.1, 0.15) is 56.6 Å². The molecule has 0 aromatic heterocycles. The van der Waals surface area contributed by atoms with Crippen molar-refractivity contribution in [2.75, 3.05) is 14.2 Å². The second-order valence-electron chi connectivity index (χ2n) is 9.14. The van der Waals surface area contributed by atoms with E-state index in [4.69, 9.17) is 14.2 Å². The number of allylic oxidation sites excluding steroid dienone is 3. The molecule has 2 aliphatic rings. The molecule has 184 valence electrons. The molecule has 2 aromatic carbocycles. The predicted molar refractivity (Wildman–Crippen MR) is 130 cm³/mol. The zero-order valence-electron chi connectivity index (χ0n) is 20.6. The lowest BCUT2D eigenvalue weighted by molar-refractivity contribution is -0.143. The Balaban J connectivity index is 1.77. The number of benzene rings is 2. The number of nitrogens with one attached hydrogen (secondary N) is 1. The van der Waals surface area contributed by atoms with E-state index in [0.29, 0.717) is 40.3 Å². The van der Waals surface area contributed by atoms with Crippen LogP contribution in [-0.4, -0.2) is 32.1 Å². The number of esters is 1. The third-order valence-corrected chi connectivity index (χ3v) is 6.47. The van der Waals surface area contributed by atoms with Crippen LogP contribution in [0.2, 0.25) is 0 Å². The molecule has 4 rings (SSSR count). The van der Waals surface area contributed by atoms with Crippen molar-refractivity contribution in [3.05, 3.63) is 81.9 Å². The van der Waals surface area contributed by atoms with Crippen molar-refractivity contribution < 1.29 is 28.2 Å². The lowest BCUT2D eigenvalue weighted by atomic mass is 9.71. The quantitative estimate of drug-likeness (QED) is 0.578. The molecule has 2 aromatic rings. The van der Waals surface area contributed by atoms with E-state index < -0.39 is 11.9 Å². The van der Waals surface area contributed by atoms with E-state index in [0.717, 1.165) is 11.3 Å². The Morgan fingerprint density at radius 3 is 2.29 bits per heavy atom. The molecule has 7 heteroatoms. The minimum Gasteiger partial charge on any atom is -0.493 e. The summed E-state index contributed by atoms with van der Waals surface area (Å²) in [6.07, 6.45) is 0.542. The summed E-state index contributed by atoms with van der Waals surface area (Å²) in [5.74, 6) is -0.398. The molecule has 0 radical (unpaired) electrons. The maximum absolute atomic E-state index is 13.7. The monoisotopic (exact) mass is 479 g/mol. The molecule has 1 aliphatic heterocycles. The summed E-state index contributed by atoms with van der Waals surface area (Å²) in [4.78, 5) is 26.7. The van der Waals surface area contributed by atoms with Crippen LogP contribution in [0.3, 0.4) is 0 Å². The van der Waals surface area contributed by atoms with Gasteiger partial charge in [-0.15, -0.1) is 0 Å². The Bertz CT molecular complexity index is 1210. The minimum absolute atomic E-state index is 0.0600. The van der Waals surface area contributed by atoms with Crippen LogP contribution >= 0.6 is 0 Å². The highest BCUT2D eigenvalue weighted by atomic mass is 19.1. The molecule has 0 fully saturated rings. The Kier molecular flexibility index (Phi) is 6.96. The summed E-state index contributed by atoms with van der Waals surface area (Å²) < 4.78 is 30.0. The number of hydrogen-bond donors (Lipinski definition) is 1. The van der Waals surface area contributed by atoms with Gasteiger partial charge in [-0.25, -0.2) is 9.18 Å². The first-order valence-corrected chi connectivity index (χ1v) is 11.7. The molecule has 2 atom stereocenters. The molecule has 0 saturated heterocycles. The second-order valence-corrected chi connectivity index (χ2v) is 9.14. The zero-order valence-corrected chi connectivity index (χ0v) is 20.6. The molecule has 1 N–H and O–H groups in total. The molecule has 0 spiro atoms. The number of hydrogen-bond acceptors (Lipinski definition) is 6. The van der Waals surface area contributed by atoms with Crippen LogP contribution in [0, 0.1) is 5.82 Å². The molecule has 0 saturated carbocycles. The number of carbonyl (C=O) groups excluding carboxylic acids is 2. The Morgan fingerprint density at radius 1 is 1.00 bits per heavy atom. The highest BCUT2D eigenvalue weighted by molar-refractivity contribution is 6.04. The van der Waals surface area contributed by atoms with Crippen molar-refractivity contribution in [1.29, 1.82) is 0 Å². The van der Waals surface area contributed by atoms with E-state index in [1.165, 1.54) is 12.1 Å². The highest BCUT2D eigenvalue weighted by Gasteiger charge is 2.41. The van der Waals surface area contributed by atoms with Gasteiger partial charge in [0.15, 0.2) is 17.3 Å². The van der Waals surface area contributed by atoms with Crippen LogP contribution in [0.25, 0.3) is 0 Å². The number of ether oxygens (including phenoxy) is 3. The van der Waals surface area contributed by atoms with Gasteiger partial charge in [-0.3, -0.25) is 4.79 Å². The number of dihydropyridines is 1. The van der Waals surface area contributed by atoms with Gasteiger partial charge >= 0.3 is 5.97 Å². The minimum atomic E-state index is -0.628. The SMILES string of the molecule is COc1ccc([C@@H]2CC(=O)C3=C(C2)NC(C)=C(C(=O)OC(C)C)[C@H]3c2ccc(F)cc2)cc1OC. The predicted octanol–water partition coefficient (Wildman–Crippen LogP) is 5.16. The first kappa shape index (κ1) is 24.5. The second kappa shape index (κ2) is 9.94. The number of halogens is 1. The fourth-order valence-corrected chi connectivity index (χ4v) is 4.92. The number of Topliss-reactive ketones (excluding diaryl/α,β-unsaturated/α-hetero) is 1. The number of rotatable bonds is 6. The summed E-state index contributed by atoms with van der Waals surface area (Å²) in [7, 11) is 3.16. The van der Waals surface area contributed by atoms with Gasteiger partial charge in [-0.1, -0.05) is 18.2 Å². The first-order chi connectivity index (χ1) is 16.7. The number of methoxy groups -OCH3 is 2. The van der Waals surface area contributed by atoms with Gasteiger partial charge in [-0.05, 0) is 68.5 Å². The van der Waals surface area contributed by atoms with Gasteiger partial charge in [-0.2, -0.15) is 0 Å². The molecular formula is C28H30FNO5. The van der Waals surface area contributed by atoms with E-state index in [1.807, 2.05) is 25.1 Å². The summed E-state index contributed by atoms with van der Waals surface area (Å²) in [6.45, 7) is 5.37. The van der Waals surface area contributed by atoms with Gasteiger partial charge < -0.3 is 19.5 Å². The lowest BCUT2D eigenvalue weighted by Crippen LogP contribution is -2.36. The molecule has 0 bridgehead atoms. The summed E-state index contributed by atoms with van der Waals surface area (Å²) in [5, 5.41) is 3.32. The van der Waals surface area contributed by atoms with Gasteiger partial charge in [0.25, 0.3) is 0 Å². The molecule has 6 nitrogen and oxygen atoms in total. The van der Waals surface area contributed by atoms with Crippen LogP contribution < -0.4 is 14.8 Å². The summed E-state index contributed by atoms with van der Waals surface area (Å²) >= 11 is 0. The van der Waals surface area contributed by atoms with E-state index in [1.54, 1.807) is 40.2 Å². The van der Waals surface area contributed by atoms with Crippen molar-refractivity contribution >= 4 is 11.8 Å². The van der Waals surface area contributed by atoms with Gasteiger partial charge in [0, 0.05) is 29.3 Å². The summed E-state index contributed by atoms with van der Waals surface area (Å²) in [6, 6.07) is 11.6. The third-order valence-electron chi connectivity index (χ3n) is 6.47. The standard InChI is InChI=1S/C28H30FNO5/c1-15(2)35-28(32)25-16(3)30-21-12-19(18-8-11-23(33-4)24(14-18)34-5)13-22(31)27(21)26(25)17-6-9-20(29)10-7-17/h6-11,14-15,19,26,30H,12-13H2,1-5H3/t19-,26+/m0/s1. The number of carbonyl (C=O) groups is 2. The van der Waals surface area contributed by atoms with Crippen LogP contribution in [-0.2, 0) is 14.3 Å². The maximum atomic E-state index is 13.7. The van der Waals surface area contributed by atoms with Crippen molar-refractivity contribution in [3.63, 3.8) is 0 Å². The smallest absolute Gasteiger partial charge is 0.337 e. The largest absolute Gasteiger partial charge is 0.493 e. The van der Waals surface area contributed by atoms with Crippen molar-refractivity contribution in [3.8, 4) is 11.5 Å². The molecule has 0 unspecified atom stereocenters. The van der Waals surface area contributed by atoms with Gasteiger partial charge in [0.2, 0.25) is 0 Å². The average Bonchev–Trinajstić information content (AvgIpc) is 2.82. The summed E-state index contributed by atoms with van der Waals surface area (Å²) in [5.41, 5.74) is 3.96. The first-order valence-electron chi connectivity index (χ1n) is 11.7. The average molecular weight is 480 g/mol. The van der Waals surface area contributed by atoms with Crippen molar-refractivity contribution in [2.45, 2.75) is 51.6 Å². The molecule has 1 heterocycles. The molecular weight excluding hydrogens is 449 g/mol. The molecule has 0 amide bonds. The maximum Gasteiger partial charge on any atom is 0.337 e. The lowest BCUT2D eigenvalue weighted by Gasteiger charge is -2.37. The van der Waals surface area contributed by atoms with E-state index >= 15 is 0 Å². The Labute approximate surface area is 204 Å². The third kappa shape index (κ3) is 4.81. The van der Waals surface area contributed by atoms with Crippen molar-refractivity contribution in [2.24, 2.45) is 0 Å². The highest BCUT2D eigenvalue weighted by Crippen LogP contribution is 2.46. The topological polar surface area (TPSA) is 73.9 Å². The van der Waals surface area contributed by atoms with Gasteiger partial charge in [0.1, 0.15) is 5.82 Å². The van der Waals surface area contributed by atoms with E-state index in [2.05, 4.69) is 5.32 Å². The van der Waals surface area contributed by atoms with Crippen LogP contribution in [0.4, 0.5) is 4.39 Å². The van der Waals surface area contributed by atoms with Crippen LogP contribution in [0.15, 0.2) is 65.0 Å². The molecule has 1 aliphatic carbocycles. The van der Waals surface area contributed by atoms with Crippen LogP contribution in [0.5, 0.6) is 11.5 Å². The zero-order chi connectivity index (χ0) is 25.3. The van der Waals surface area contributed by atoms with Crippen molar-refractivity contribution in [1.82, 2.24) is 5.32 Å². The Morgan fingerprint density at radius 2 is 1.66 bits per heavy atom. The Hall–Kier alpha value is -3.61.